The molecule has 174 valence electrons. The zero-order valence-electron chi connectivity index (χ0n) is 19.3. The van der Waals surface area contributed by atoms with E-state index in [1.54, 1.807) is 0 Å². The Morgan fingerprint density at radius 3 is 2.71 bits per heavy atom. The molecule has 1 saturated carbocycles. The highest BCUT2D eigenvalue weighted by molar-refractivity contribution is 5.79. The van der Waals surface area contributed by atoms with Crippen LogP contribution >= 0.6 is 0 Å². The van der Waals surface area contributed by atoms with Gasteiger partial charge in [0.1, 0.15) is 0 Å². The first-order chi connectivity index (χ1) is 15.1. The van der Waals surface area contributed by atoms with Crippen molar-refractivity contribution in [3.8, 4) is 0 Å². The van der Waals surface area contributed by atoms with Gasteiger partial charge < -0.3 is 24.8 Å². The van der Waals surface area contributed by atoms with E-state index < -0.39 is 5.60 Å². The zero-order valence-corrected chi connectivity index (χ0v) is 19.3. The number of rotatable bonds is 11. The lowest BCUT2D eigenvalue weighted by molar-refractivity contribution is -0.135. The molecule has 6 heteroatoms. The first-order valence-electron chi connectivity index (χ1n) is 12.1. The van der Waals surface area contributed by atoms with Crippen molar-refractivity contribution < 1.29 is 19.4 Å². The number of nitrogens with one attached hydrogen (secondary N) is 1. The maximum Gasteiger partial charge on any atom is 0.237 e. The van der Waals surface area contributed by atoms with E-state index in [1.165, 1.54) is 23.1 Å². The Labute approximate surface area is 187 Å². The number of carbonyl (C=O) groups is 1. The lowest BCUT2D eigenvalue weighted by Gasteiger charge is -2.38. The molecule has 1 fully saturated rings. The summed E-state index contributed by atoms with van der Waals surface area (Å²) >= 11 is 0. The molecular formula is C25H40N2O4. The van der Waals surface area contributed by atoms with Crippen LogP contribution in [-0.2, 0) is 27.1 Å². The van der Waals surface area contributed by atoms with Gasteiger partial charge in [-0.25, -0.2) is 0 Å². The van der Waals surface area contributed by atoms with Gasteiger partial charge in [-0.15, -0.1) is 0 Å². The highest BCUT2D eigenvalue weighted by Crippen LogP contribution is 2.31. The summed E-state index contributed by atoms with van der Waals surface area (Å²) in [5.41, 5.74) is 3.14. The second-order valence-corrected chi connectivity index (χ2v) is 8.90. The van der Waals surface area contributed by atoms with Crippen LogP contribution in [0.4, 0.5) is 0 Å². The Kier molecular flexibility index (Phi) is 9.32. The van der Waals surface area contributed by atoms with E-state index in [4.69, 9.17) is 9.47 Å². The van der Waals surface area contributed by atoms with Gasteiger partial charge in [-0.2, -0.15) is 0 Å². The first kappa shape index (κ1) is 24.2. The molecule has 6 nitrogen and oxygen atoms in total. The molecule has 1 aromatic carbocycles. The molecule has 3 rings (SSSR count). The summed E-state index contributed by atoms with van der Waals surface area (Å²) in [6, 6.07) is 6.56. The van der Waals surface area contributed by atoms with E-state index in [-0.39, 0.29) is 18.5 Å². The van der Waals surface area contributed by atoms with Crippen LogP contribution in [0.25, 0.3) is 0 Å². The number of ether oxygens (including phenoxy) is 2. The van der Waals surface area contributed by atoms with Gasteiger partial charge in [-0.3, -0.25) is 4.79 Å². The molecule has 0 saturated heterocycles. The van der Waals surface area contributed by atoms with Crippen LogP contribution in [-0.4, -0.2) is 67.6 Å². The van der Waals surface area contributed by atoms with Crippen molar-refractivity contribution in [2.45, 2.75) is 70.4 Å². The van der Waals surface area contributed by atoms with Gasteiger partial charge in [0.2, 0.25) is 5.91 Å². The van der Waals surface area contributed by atoms with Crippen LogP contribution in [0.1, 0.15) is 68.7 Å². The van der Waals surface area contributed by atoms with Crippen molar-refractivity contribution in [1.82, 2.24) is 10.2 Å². The van der Waals surface area contributed by atoms with Gasteiger partial charge in [0.15, 0.2) is 0 Å². The van der Waals surface area contributed by atoms with E-state index in [1.807, 2.05) is 11.8 Å². The van der Waals surface area contributed by atoms with E-state index in [0.29, 0.717) is 39.5 Å². The molecule has 0 bridgehead atoms. The minimum Gasteiger partial charge on any atom is -0.389 e. The number of aryl methyl sites for hydroxylation is 1. The molecule has 1 heterocycles. The predicted octanol–water partition coefficient (Wildman–Crippen LogP) is 3.01. The average molecular weight is 433 g/mol. The smallest absolute Gasteiger partial charge is 0.237 e. The number of carbonyl (C=O) groups excluding carboxylic acids is 1. The third-order valence-corrected chi connectivity index (χ3v) is 6.66. The van der Waals surface area contributed by atoms with E-state index in [9.17, 15) is 9.90 Å². The number of amides is 1. The molecule has 0 radical (unpaired) electrons. The van der Waals surface area contributed by atoms with Gasteiger partial charge >= 0.3 is 0 Å². The molecule has 0 spiro atoms. The third kappa shape index (κ3) is 6.75. The maximum absolute atomic E-state index is 13.2. The fourth-order valence-electron chi connectivity index (χ4n) is 4.79. The summed E-state index contributed by atoms with van der Waals surface area (Å²) in [6.45, 7) is 7.81. The fraction of sp³-hybridized carbons (Fsp3) is 0.720. The second kappa shape index (κ2) is 12.0. The Balaban J connectivity index is 1.63. The summed E-state index contributed by atoms with van der Waals surface area (Å²) in [5.74, 6) is 0.0744. The monoisotopic (exact) mass is 432 g/mol. The van der Waals surface area contributed by atoms with Crippen LogP contribution < -0.4 is 5.32 Å². The fourth-order valence-corrected chi connectivity index (χ4v) is 4.79. The van der Waals surface area contributed by atoms with Crippen LogP contribution in [0.15, 0.2) is 18.2 Å². The van der Waals surface area contributed by atoms with Crippen LogP contribution in [0.3, 0.4) is 0 Å². The Hall–Kier alpha value is -1.47. The quantitative estimate of drug-likeness (QED) is 0.526. The molecule has 31 heavy (non-hydrogen) atoms. The zero-order chi connectivity index (χ0) is 22.1. The van der Waals surface area contributed by atoms with Crippen molar-refractivity contribution in [1.29, 1.82) is 0 Å². The van der Waals surface area contributed by atoms with Crippen LogP contribution in [0, 0.1) is 0 Å². The molecule has 1 atom stereocenters. The van der Waals surface area contributed by atoms with Gasteiger partial charge in [0.25, 0.3) is 0 Å². The van der Waals surface area contributed by atoms with Crippen LogP contribution in [0.2, 0.25) is 0 Å². The predicted molar refractivity (Wildman–Crippen MR) is 122 cm³/mol. The van der Waals surface area contributed by atoms with Gasteiger partial charge in [0, 0.05) is 19.7 Å². The number of hydrogen-bond donors (Lipinski definition) is 2. The molecule has 0 aromatic heterocycles. The summed E-state index contributed by atoms with van der Waals surface area (Å²) in [4.78, 5) is 15.1. The highest BCUT2D eigenvalue weighted by atomic mass is 16.5. The first-order valence-corrected chi connectivity index (χ1v) is 12.1. The van der Waals surface area contributed by atoms with Crippen molar-refractivity contribution in [2.24, 2.45) is 0 Å². The normalized spacial score (nSPS) is 20.5. The summed E-state index contributed by atoms with van der Waals surface area (Å²) in [5, 5.41) is 13.9. The standard InChI is InChI=1S/C25H40N2O4/c1-3-20-8-9-21-10-13-27(23(22(21)16-20)18-31-15-14-30-4-2)24(28)17-26-19-25(29)11-6-5-7-12-25/h8-9,16,23,26,29H,3-7,10-15,17-19H2,1-2H3. The Morgan fingerprint density at radius 1 is 1.19 bits per heavy atom. The topological polar surface area (TPSA) is 71.0 Å². The molecule has 1 aliphatic heterocycles. The molecule has 1 unspecified atom stereocenters. The number of fused-ring (bicyclic) bond motifs is 1. The Morgan fingerprint density at radius 2 is 1.97 bits per heavy atom. The summed E-state index contributed by atoms with van der Waals surface area (Å²) < 4.78 is 11.3. The number of benzene rings is 1. The third-order valence-electron chi connectivity index (χ3n) is 6.66. The molecular weight excluding hydrogens is 392 g/mol. The number of hydrogen-bond acceptors (Lipinski definition) is 5. The number of aliphatic hydroxyl groups is 1. The number of nitrogens with zero attached hydrogens (tertiary/aromatic N) is 1. The largest absolute Gasteiger partial charge is 0.389 e. The van der Waals surface area contributed by atoms with Crippen molar-refractivity contribution in [3.05, 3.63) is 34.9 Å². The van der Waals surface area contributed by atoms with Crippen LogP contribution in [0.5, 0.6) is 0 Å². The van der Waals surface area contributed by atoms with Gasteiger partial charge in [0.05, 0.1) is 38.0 Å². The van der Waals surface area contributed by atoms with Crippen molar-refractivity contribution in [3.63, 3.8) is 0 Å². The average Bonchev–Trinajstić information content (AvgIpc) is 2.78. The van der Waals surface area contributed by atoms with Gasteiger partial charge in [-0.05, 0) is 49.3 Å². The minimum absolute atomic E-state index is 0.0744. The van der Waals surface area contributed by atoms with E-state index in [2.05, 4.69) is 30.4 Å². The molecule has 1 aliphatic carbocycles. The van der Waals surface area contributed by atoms with Crippen molar-refractivity contribution in [2.75, 3.05) is 46.1 Å². The summed E-state index contributed by atoms with van der Waals surface area (Å²) in [7, 11) is 0. The molecule has 1 amide bonds. The van der Waals surface area contributed by atoms with E-state index in [0.717, 1.165) is 38.5 Å². The SMILES string of the molecule is CCOCCOCC1c2cc(CC)ccc2CCN1C(=O)CNCC1(O)CCCCC1. The molecule has 1 aromatic rings. The van der Waals surface area contributed by atoms with Gasteiger partial charge in [-0.1, -0.05) is 44.4 Å². The second-order valence-electron chi connectivity index (χ2n) is 8.90. The molecule has 2 aliphatic rings. The summed E-state index contributed by atoms with van der Waals surface area (Å²) in [6.07, 6.45) is 6.80. The minimum atomic E-state index is -0.662. The highest BCUT2D eigenvalue weighted by Gasteiger charge is 2.32. The van der Waals surface area contributed by atoms with E-state index >= 15 is 0 Å². The maximum atomic E-state index is 13.2. The molecule has 2 N–H and O–H groups in total. The lowest BCUT2D eigenvalue weighted by atomic mass is 9.85. The van der Waals surface area contributed by atoms with Crippen molar-refractivity contribution >= 4 is 5.91 Å². The Bertz CT molecular complexity index is 703. The lowest BCUT2D eigenvalue weighted by Crippen LogP contribution is -2.49.